The summed E-state index contributed by atoms with van der Waals surface area (Å²) in [4.78, 5) is 0. The maximum absolute atomic E-state index is 5.41. The number of benzene rings is 1. The highest BCUT2D eigenvalue weighted by atomic mass is 32.2. The van der Waals surface area contributed by atoms with Crippen molar-refractivity contribution < 1.29 is 4.42 Å². The molecule has 0 atom stereocenters. The minimum atomic E-state index is 0.580. The van der Waals surface area contributed by atoms with Gasteiger partial charge in [0.15, 0.2) is 11.0 Å². The topological polar surface area (TPSA) is 69.6 Å². The smallest absolute Gasteiger partial charge is 0.226 e. The van der Waals surface area contributed by atoms with Crippen LogP contribution in [0.3, 0.4) is 0 Å². The second kappa shape index (κ2) is 6.95. The normalized spacial score (nSPS) is 11.1. The van der Waals surface area contributed by atoms with E-state index in [1.54, 1.807) is 18.7 Å². The Hall–Kier alpha value is -2.15. The molecule has 23 heavy (non-hydrogen) atoms. The predicted molar refractivity (Wildman–Crippen MR) is 89.1 cm³/mol. The van der Waals surface area contributed by atoms with E-state index < -0.39 is 0 Å². The fourth-order valence-corrected chi connectivity index (χ4v) is 3.14. The van der Waals surface area contributed by atoms with Crippen molar-refractivity contribution >= 4 is 11.8 Å². The lowest BCUT2D eigenvalue weighted by Gasteiger charge is -2.08. The maximum atomic E-state index is 5.41. The van der Waals surface area contributed by atoms with Gasteiger partial charge in [0.25, 0.3) is 0 Å². The second-order valence-corrected chi connectivity index (χ2v) is 6.27. The SMILES string of the molecule is CCCn1c(SCc2nnc(C)o2)nnc1-c1cccc(C)c1. The number of aryl methyl sites for hydroxylation is 2. The minimum Gasteiger partial charge on any atom is -0.425 e. The van der Waals surface area contributed by atoms with Crippen LogP contribution in [-0.2, 0) is 12.3 Å². The van der Waals surface area contributed by atoms with E-state index >= 15 is 0 Å². The molecular formula is C16H19N5OS. The highest BCUT2D eigenvalue weighted by molar-refractivity contribution is 7.98. The first-order valence-corrected chi connectivity index (χ1v) is 8.58. The first-order chi connectivity index (χ1) is 11.2. The Bertz CT molecular complexity index is 795. The van der Waals surface area contributed by atoms with E-state index in [2.05, 4.69) is 57.0 Å². The lowest BCUT2D eigenvalue weighted by atomic mass is 10.1. The highest BCUT2D eigenvalue weighted by Gasteiger charge is 2.15. The van der Waals surface area contributed by atoms with Gasteiger partial charge in [-0.15, -0.1) is 20.4 Å². The molecule has 1 aromatic carbocycles. The van der Waals surface area contributed by atoms with Crippen molar-refractivity contribution in [2.24, 2.45) is 0 Å². The summed E-state index contributed by atoms with van der Waals surface area (Å²) in [6, 6.07) is 8.33. The Balaban J connectivity index is 1.86. The van der Waals surface area contributed by atoms with Crippen LogP contribution in [0.25, 0.3) is 11.4 Å². The van der Waals surface area contributed by atoms with Gasteiger partial charge in [-0.3, -0.25) is 0 Å². The number of hydrogen-bond donors (Lipinski definition) is 0. The molecular weight excluding hydrogens is 310 g/mol. The average Bonchev–Trinajstić information content (AvgIpc) is 3.12. The third-order valence-electron chi connectivity index (χ3n) is 3.33. The third-order valence-corrected chi connectivity index (χ3v) is 4.28. The van der Waals surface area contributed by atoms with E-state index in [0.29, 0.717) is 17.5 Å². The number of hydrogen-bond acceptors (Lipinski definition) is 6. The van der Waals surface area contributed by atoms with Gasteiger partial charge in [-0.25, -0.2) is 0 Å². The van der Waals surface area contributed by atoms with Gasteiger partial charge in [-0.2, -0.15) is 0 Å². The van der Waals surface area contributed by atoms with Crippen molar-refractivity contribution in [3.8, 4) is 11.4 Å². The van der Waals surface area contributed by atoms with Gasteiger partial charge >= 0.3 is 0 Å². The molecule has 0 bridgehead atoms. The van der Waals surface area contributed by atoms with Gasteiger partial charge in [0.05, 0.1) is 5.75 Å². The van der Waals surface area contributed by atoms with Gasteiger partial charge in [-0.1, -0.05) is 42.4 Å². The molecule has 0 aliphatic carbocycles. The monoisotopic (exact) mass is 329 g/mol. The van der Waals surface area contributed by atoms with Gasteiger partial charge in [0.2, 0.25) is 11.8 Å². The zero-order chi connectivity index (χ0) is 16.2. The molecule has 3 rings (SSSR count). The van der Waals surface area contributed by atoms with E-state index in [1.807, 2.05) is 6.07 Å². The Labute approximate surface area is 139 Å². The Morgan fingerprint density at radius 3 is 2.70 bits per heavy atom. The van der Waals surface area contributed by atoms with Gasteiger partial charge < -0.3 is 8.98 Å². The van der Waals surface area contributed by atoms with Crippen LogP contribution < -0.4 is 0 Å². The summed E-state index contributed by atoms with van der Waals surface area (Å²) < 4.78 is 7.57. The Morgan fingerprint density at radius 2 is 2.00 bits per heavy atom. The largest absolute Gasteiger partial charge is 0.425 e. The molecule has 0 saturated carbocycles. The van der Waals surface area contributed by atoms with Crippen LogP contribution in [0.1, 0.15) is 30.7 Å². The van der Waals surface area contributed by atoms with E-state index in [4.69, 9.17) is 4.42 Å². The molecule has 0 aliphatic rings. The summed E-state index contributed by atoms with van der Waals surface area (Å²) in [7, 11) is 0. The van der Waals surface area contributed by atoms with Crippen molar-refractivity contribution in [3.05, 3.63) is 41.6 Å². The molecule has 2 heterocycles. The molecule has 3 aromatic rings. The molecule has 2 aromatic heterocycles. The summed E-state index contributed by atoms with van der Waals surface area (Å²) >= 11 is 1.57. The lowest BCUT2D eigenvalue weighted by Crippen LogP contribution is -2.02. The summed E-state index contributed by atoms with van der Waals surface area (Å²) in [6.45, 7) is 6.89. The molecule has 0 unspecified atom stereocenters. The van der Waals surface area contributed by atoms with Crippen LogP contribution in [0, 0.1) is 13.8 Å². The molecule has 0 spiro atoms. The fourth-order valence-electron chi connectivity index (χ4n) is 2.34. The lowest BCUT2D eigenvalue weighted by molar-refractivity contribution is 0.485. The van der Waals surface area contributed by atoms with Gasteiger partial charge in [0.1, 0.15) is 0 Å². The van der Waals surface area contributed by atoms with Crippen molar-refractivity contribution in [3.63, 3.8) is 0 Å². The standard InChI is InChI=1S/C16H19N5OS/c1-4-8-21-15(13-7-5-6-11(2)9-13)19-20-16(21)23-10-14-18-17-12(3)22-14/h5-7,9H,4,8,10H2,1-3H3. The van der Waals surface area contributed by atoms with E-state index in [1.165, 1.54) is 5.56 Å². The van der Waals surface area contributed by atoms with Crippen LogP contribution in [-0.4, -0.2) is 25.0 Å². The van der Waals surface area contributed by atoms with Crippen LogP contribution in [0.5, 0.6) is 0 Å². The quantitative estimate of drug-likeness (QED) is 0.643. The maximum Gasteiger partial charge on any atom is 0.226 e. The van der Waals surface area contributed by atoms with E-state index in [0.717, 1.165) is 29.5 Å². The molecule has 0 N–H and O–H groups in total. The molecule has 0 fully saturated rings. The summed E-state index contributed by atoms with van der Waals surface area (Å²) in [5.74, 6) is 2.68. The van der Waals surface area contributed by atoms with Crippen molar-refractivity contribution in [1.82, 2.24) is 25.0 Å². The molecule has 120 valence electrons. The van der Waals surface area contributed by atoms with Crippen LogP contribution in [0.4, 0.5) is 0 Å². The number of aromatic nitrogens is 5. The van der Waals surface area contributed by atoms with Crippen LogP contribution in [0.15, 0.2) is 33.8 Å². The van der Waals surface area contributed by atoms with E-state index in [9.17, 15) is 0 Å². The first kappa shape index (κ1) is 15.7. The van der Waals surface area contributed by atoms with Crippen molar-refractivity contribution in [1.29, 1.82) is 0 Å². The zero-order valence-electron chi connectivity index (χ0n) is 13.5. The van der Waals surface area contributed by atoms with Crippen molar-refractivity contribution in [2.75, 3.05) is 0 Å². The Morgan fingerprint density at radius 1 is 1.13 bits per heavy atom. The zero-order valence-corrected chi connectivity index (χ0v) is 14.3. The predicted octanol–water partition coefficient (Wildman–Crippen LogP) is 3.65. The molecule has 0 radical (unpaired) electrons. The number of rotatable bonds is 6. The van der Waals surface area contributed by atoms with E-state index in [-0.39, 0.29) is 0 Å². The fraction of sp³-hybridized carbons (Fsp3) is 0.375. The first-order valence-electron chi connectivity index (χ1n) is 7.59. The summed E-state index contributed by atoms with van der Waals surface area (Å²) in [5, 5.41) is 17.5. The summed E-state index contributed by atoms with van der Waals surface area (Å²) in [5.41, 5.74) is 2.30. The van der Waals surface area contributed by atoms with Crippen LogP contribution >= 0.6 is 11.8 Å². The van der Waals surface area contributed by atoms with Crippen LogP contribution in [0.2, 0.25) is 0 Å². The third kappa shape index (κ3) is 3.61. The van der Waals surface area contributed by atoms with Gasteiger partial charge in [-0.05, 0) is 19.4 Å². The van der Waals surface area contributed by atoms with Crippen molar-refractivity contribution in [2.45, 2.75) is 44.6 Å². The minimum absolute atomic E-state index is 0.580. The number of nitrogens with zero attached hydrogens (tertiary/aromatic N) is 5. The molecule has 6 nitrogen and oxygen atoms in total. The molecule has 0 aliphatic heterocycles. The van der Waals surface area contributed by atoms with Gasteiger partial charge in [0, 0.05) is 19.0 Å². The molecule has 7 heteroatoms. The second-order valence-electron chi connectivity index (χ2n) is 5.33. The summed E-state index contributed by atoms with van der Waals surface area (Å²) in [6.07, 6.45) is 1.02. The average molecular weight is 329 g/mol. The number of thioether (sulfide) groups is 1. The Kier molecular flexibility index (Phi) is 4.76. The molecule has 0 amide bonds. The highest BCUT2D eigenvalue weighted by Crippen LogP contribution is 2.26. The molecule has 0 saturated heterocycles.